The summed E-state index contributed by atoms with van der Waals surface area (Å²) in [6, 6.07) is 10.9. The van der Waals surface area contributed by atoms with Crippen molar-refractivity contribution in [1.29, 1.82) is 0 Å². The third-order valence-corrected chi connectivity index (χ3v) is 3.44. The van der Waals surface area contributed by atoms with Gasteiger partial charge >= 0.3 is 0 Å². The molecule has 4 nitrogen and oxygen atoms in total. The van der Waals surface area contributed by atoms with Crippen LogP contribution in [0.5, 0.6) is 0 Å². The molecule has 0 atom stereocenters. The lowest BCUT2D eigenvalue weighted by Crippen LogP contribution is -2.21. The summed E-state index contributed by atoms with van der Waals surface area (Å²) in [5.41, 5.74) is 0.414. The number of aromatic nitrogens is 2. The van der Waals surface area contributed by atoms with Gasteiger partial charge in [0.1, 0.15) is 11.3 Å². The van der Waals surface area contributed by atoms with Crippen molar-refractivity contribution in [1.82, 2.24) is 9.55 Å². The molecule has 2 aromatic carbocycles. The minimum absolute atomic E-state index is 0.0335. The van der Waals surface area contributed by atoms with Crippen molar-refractivity contribution in [3.63, 3.8) is 0 Å². The number of benzene rings is 2. The van der Waals surface area contributed by atoms with Gasteiger partial charge in [0.25, 0.3) is 5.56 Å². The number of halogens is 1. The number of fused-ring (bicyclic) bond motifs is 4. The van der Waals surface area contributed by atoms with E-state index < -0.39 is 11.4 Å². The summed E-state index contributed by atoms with van der Waals surface area (Å²) in [6.45, 7) is 0. The molecule has 1 aliphatic rings. The molecule has 0 radical (unpaired) electrons. The maximum absolute atomic E-state index is 13.8. The van der Waals surface area contributed by atoms with E-state index in [1.165, 1.54) is 22.8 Å². The first-order chi connectivity index (χ1) is 9.68. The molecule has 0 saturated heterocycles. The third-order valence-electron chi connectivity index (χ3n) is 3.44. The molecule has 0 aliphatic carbocycles. The molecule has 1 aromatic heterocycles. The van der Waals surface area contributed by atoms with Crippen LogP contribution in [0, 0.1) is 5.82 Å². The van der Waals surface area contributed by atoms with Crippen molar-refractivity contribution in [2.75, 3.05) is 0 Å². The molecule has 20 heavy (non-hydrogen) atoms. The molecule has 0 unspecified atom stereocenters. The zero-order valence-corrected chi connectivity index (χ0v) is 10.1. The smallest absolute Gasteiger partial charge is 0.266 e. The zero-order chi connectivity index (χ0) is 13.9. The molecule has 5 heteroatoms. The van der Waals surface area contributed by atoms with Crippen LogP contribution in [0.25, 0.3) is 16.6 Å². The molecule has 0 fully saturated rings. The van der Waals surface area contributed by atoms with Gasteiger partial charge in [0, 0.05) is 0 Å². The van der Waals surface area contributed by atoms with Crippen LogP contribution in [0.4, 0.5) is 4.39 Å². The Labute approximate surface area is 112 Å². The van der Waals surface area contributed by atoms with Crippen LogP contribution in [0.2, 0.25) is 0 Å². The molecule has 0 saturated carbocycles. The highest BCUT2D eigenvalue weighted by Gasteiger charge is 2.30. The van der Waals surface area contributed by atoms with E-state index in [0.717, 1.165) is 0 Å². The Morgan fingerprint density at radius 2 is 1.80 bits per heavy atom. The number of hydrogen-bond acceptors (Lipinski definition) is 3. The molecule has 4 rings (SSSR count). The first-order valence-corrected chi connectivity index (χ1v) is 6.04. The maximum atomic E-state index is 13.8. The molecule has 1 aliphatic heterocycles. The number of hydrogen-bond donors (Lipinski definition) is 0. The lowest BCUT2D eigenvalue weighted by atomic mass is 10.1. The van der Waals surface area contributed by atoms with Gasteiger partial charge in [-0.1, -0.05) is 18.2 Å². The number of rotatable bonds is 0. The predicted molar refractivity (Wildman–Crippen MR) is 70.7 cm³/mol. The van der Waals surface area contributed by atoms with Crippen molar-refractivity contribution in [3.8, 4) is 5.69 Å². The summed E-state index contributed by atoms with van der Waals surface area (Å²) >= 11 is 0. The monoisotopic (exact) mass is 266 g/mol. The Balaban J connectivity index is 2.24. The first-order valence-electron chi connectivity index (χ1n) is 6.04. The third kappa shape index (κ3) is 1.21. The standard InChI is InChI=1S/C15H7FN2O2/c16-10-6-3-5-9-12(10)17-14-13(19)8-4-1-2-7-11(8)18(14)15(9)20/h1-7H. The second-order valence-electron chi connectivity index (χ2n) is 4.56. The molecule has 0 N–H and O–H groups in total. The van der Waals surface area contributed by atoms with Crippen LogP contribution < -0.4 is 5.56 Å². The minimum Gasteiger partial charge on any atom is -0.285 e. The molecule has 0 amide bonds. The molecule has 96 valence electrons. The lowest BCUT2D eigenvalue weighted by molar-refractivity contribution is 0.103. The van der Waals surface area contributed by atoms with E-state index >= 15 is 0 Å². The molecular formula is C15H7FN2O2. The van der Waals surface area contributed by atoms with Crippen LogP contribution in [-0.4, -0.2) is 15.3 Å². The summed E-state index contributed by atoms with van der Waals surface area (Å²) in [5.74, 6) is -0.997. The van der Waals surface area contributed by atoms with Crippen molar-refractivity contribution < 1.29 is 9.18 Å². The lowest BCUT2D eigenvalue weighted by Gasteiger charge is -2.05. The SMILES string of the molecule is O=C1c2ccccc2-n2c1nc1c(F)cccc1c2=O. The van der Waals surface area contributed by atoms with Crippen molar-refractivity contribution in [2.45, 2.75) is 0 Å². The number of nitrogens with zero attached hydrogens (tertiary/aromatic N) is 2. The molecule has 3 aromatic rings. The van der Waals surface area contributed by atoms with Gasteiger partial charge in [-0.05, 0) is 24.3 Å². The van der Waals surface area contributed by atoms with E-state index in [1.54, 1.807) is 24.3 Å². The van der Waals surface area contributed by atoms with E-state index in [1.807, 2.05) is 0 Å². The Morgan fingerprint density at radius 3 is 2.65 bits per heavy atom. The molecular weight excluding hydrogens is 259 g/mol. The van der Waals surface area contributed by atoms with Gasteiger partial charge in [0.05, 0.1) is 16.6 Å². The van der Waals surface area contributed by atoms with Crippen molar-refractivity contribution in [2.24, 2.45) is 0 Å². The Kier molecular flexibility index (Phi) is 1.99. The molecule has 0 spiro atoms. The second kappa shape index (κ2) is 3.60. The van der Waals surface area contributed by atoms with Crippen LogP contribution in [0.3, 0.4) is 0 Å². The Morgan fingerprint density at radius 1 is 1.00 bits per heavy atom. The number of carbonyl (C=O) groups is 1. The second-order valence-corrected chi connectivity index (χ2v) is 4.56. The highest BCUT2D eigenvalue weighted by atomic mass is 19.1. The summed E-state index contributed by atoms with van der Waals surface area (Å²) in [7, 11) is 0. The number of ketones is 1. The van der Waals surface area contributed by atoms with Gasteiger partial charge < -0.3 is 0 Å². The largest absolute Gasteiger partial charge is 0.285 e. The van der Waals surface area contributed by atoms with E-state index in [9.17, 15) is 14.0 Å². The van der Waals surface area contributed by atoms with E-state index in [4.69, 9.17) is 0 Å². The Bertz CT molecular complexity index is 960. The van der Waals surface area contributed by atoms with Crippen molar-refractivity contribution >= 4 is 16.7 Å². The average Bonchev–Trinajstić information content (AvgIpc) is 2.75. The fraction of sp³-hybridized carbons (Fsp3) is 0. The summed E-state index contributed by atoms with van der Waals surface area (Å²) in [4.78, 5) is 28.8. The summed E-state index contributed by atoms with van der Waals surface area (Å²) in [5, 5.41) is 0.165. The van der Waals surface area contributed by atoms with E-state index in [2.05, 4.69) is 4.98 Å². The van der Waals surface area contributed by atoms with Gasteiger partial charge in [-0.15, -0.1) is 0 Å². The van der Waals surface area contributed by atoms with Crippen molar-refractivity contribution in [3.05, 3.63) is 70.0 Å². The van der Waals surface area contributed by atoms with Gasteiger partial charge in [0.15, 0.2) is 5.82 Å². The summed E-state index contributed by atoms with van der Waals surface area (Å²) in [6.07, 6.45) is 0. The minimum atomic E-state index is -0.605. The average molecular weight is 266 g/mol. The zero-order valence-electron chi connectivity index (χ0n) is 10.1. The van der Waals surface area contributed by atoms with Crippen LogP contribution in [-0.2, 0) is 0 Å². The van der Waals surface area contributed by atoms with E-state index in [0.29, 0.717) is 11.3 Å². The highest BCUT2D eigenvalue weighted by molar-refractivity contribution is 6.13. The van der Waals surface area contributed by atoms with E-state index in [-0.39, 0.29) is 22.5 Å². The highest BCUT2D eigenvalue weighted by Crippen LogP contribution is 2.26. The van der Waals surface area contributed by atoms with Gasteiger partial charge in [-0.3, -0.25) is 14.2 Å². The maximum Gasteiger partial charge on any atom is 0.266 e. The van der Waals surface area contributed by atoms with Crippen LogP contribution in [0.1, 0.15) is 16.2 Å². The molecule has 2 heterocycles. The number of para-hydroxylation sites is 2. The summed E-state index contributed by atoms with van der Waals surface area (Å²) < 4.78 is 15.0. The predicted octanol–water partition coefficient (Wildman–Crippen LogP) is 2.07. The van der Waals surface area contributed by atoms with Gasteiger partial charge in [-0.25, -0.2) is 9.37 Å². The molecule has 0 bridgehead atoms. The number of carbonyl (C=O) groups excluding carboxylic acids is 1. The fourth-order valence-corrected chi connectivity index (χ4v) is 2.53. The topological polar surface area (TPSA) is 52.0 Å². The van der Waals surface area contributed by atoms with Crippen LogP contribution >= 0.6 is 0 Å². The fourth-order valence-electron chi connectivity index (χ4n) is 2.53. The first kappa shape index (κ1) is 11.0. The van der Waals surface area contributed by atoms with Gasteiger partial charge in [-0.2, -0.15) is 0 Å². The Hall–Kier alpha value is -2.82. The van der Waals surface area contributed by atoms with Gasteiger partial charge in [0.2, 0.25) is 5.78 Å². The quantitative estimate of drug-likeness (QED) is 0.489. The van der Waals surface area contributed by atoms with Crippen LogP contribution in [0.15, 0.2) is 47.3 Å². The normalized spacial score (nSPS) is 12.6.